The molecule has 19 heavy (non-hydrogen) atoms. The smallest absolute Gasteiger partial charge is 0.178 e. The van der Waals surface area contributed by atoms with E-state index < -0.39 is 5.79 Å². The number of allylic oxidation sites excluding steroid dienone is 2. The molecule has 0 aromatic carbocycles. The molecule has 0 spiro atoms. The molecular weight excluding hydrogens is 240 g/mol. The van der Waals surface area contributed by atoms with Crippen molar-refractivity contribution in [2.45, 2.75) is 44.8 Å². The van der Waals surface area contributed by atoms with Gasteiger partial charge in [0, 0.05) is 12.8 Å². The van der Waals surface area contributed by atoms with E-state index in [4.69, 9.17) is 9.47 Å². The van der Waals surface area contributed by atoms with Crippen LogP contribution in [0.25, 0.3) is 0 Å². The number of rotatable bonds is 6. The first-order valence-electron chi connectivity index (χ1n) is 7.15. The molecule has 2 rings (SSSR count). The van der Waals surface area contributed by atoms with Crippen LogP contribution in [0.15, 0.2) is 24.8 Å². The number of carbonyl (C=O) groups excluding carboxylic acids is 1. The Bertz CT molecular complexity index is 366. The molecule has 2 atom stereocenters. The minimum atomic E-state index is -0.706. The molecule has 1 aliphatic heterocycles. The van der Waals surface area contributed by atoms with Crippen molar-refractivity contribution in [1.82, 2.24) is 0 Å². The third kappa shape index (κ3) is 2.98. The lowest BCUT2D eigenvalue weighted by atomic mass is 9.81. The molecule has 1 saturated heterocycles. The fourth-order valence-electron chi connectivity index (χ4n) is 3.44. The van der Waals surface area contributed by atoms with Crippen molar-refractivity contribution < 1.29 is 14.3 Å². The zero-order valence-corrected chi connectivity index (χ0v) is 11.8. The Labute approximate surface area is 115 Å². The van der Waals surface area contributed by atoms with Crippen LogP contribution in [0.4, 0.5) is 0 Å². The van der Waals surface area contributed by atoms with Crippen molar-refractivity contribution in [3.8, 4) is 0 Å². The van der Waals surface area contributed by atoms with Gasteiger partial charge in [-0.05, 0) is 32.1 Å². The van der Waals surface area contributed by atoms with Gasteiger partial charge in [0.15, 0.2) is 5.79 Å². The highest BCUT2D eigenvalue weighted by atomic mass is 16.7. The molecule has 106 valence electrons. The van der Waals surface area contributed by atoms with Crippen LogP contribution >= 0.6 is 0 Å². The molecule has 1 heterocycles. The molecule has 2 fully saturated rings. The minimum absolute atomic E-state index is 0.133. The predicted octanol–water partition coefficient (Wildman–Crippen LogP) is 3.26. The summed E-state index contributed by atoms with van der Waals surface area (Å²) >= 11 is 0. The van der Waals surface area contributed by atoms with Crippen LogP contribution in [0, 0.1) is 11.8 Å². The van der Waals surface area contributed by atoms with Gasteiger partial charge in [-0.1, -0.05) is 11.6 Å². The van der Waals surface area contributed by atoms with E-state index in [0.29, 0.717) is 25.6 Å². The largest absolute Gasteiger partial charge is 0.347 e. The first-order chi connectivity index (χ1) is 9.09. The summed E-state index contributed by atoms with van der Waals surface area (Å²) in [7, 11) is 0. The zero-order valence-electron chi connectivity index (χ0n) is 11.8. The van der Waals surface area contributed by atoms with E-state index >= 15 is 0 Å². The summed E-state index contributed by atoms with van der Waals surface area (Å²) in [6.07, 6.45) is 5.85. The van der Waals surface area contributed by atoms with Crippen molar-refractivity contribution in [1.29, 1.82) is 0 Å². The Morgan fingerprint density at radius 1 is 1.47 bits per heavy atom. The molecule has 2 aliphatic rings. The molecule has 3 heteroatoms. The van der Waals surface area contributed by atoms with Gasteiger partial charge in [0.05, 0.1) is 19.1 Å². The van der Waals surface area contributed by atoms with Gasteiger partial charge in [0.25, 0.3) is 0 Å². The molecule has 0 aromatic heterocycles. The molecule has 3 nitrogen and oxygen atoms in total. The molecule has 0 radical (unpaired) electrons. The lowest BCUT2D eigenvalue weighted by Gasteiger charge is -2.35. The highest BCUT2D eigenvalue weighted by Crippen LogP contribution is 2.45. The molecule has 0 bridgehead atoms. The van der Waals surface area contributed by atoms with Crippen molar-refractivity contribution in [2.75, 3.05) is 13.2 Å². The standard InChI is InChI=1S/C16H24O3/c1-4-5-8-16(18-9-10-19-16)15-13(11-12(2)3)6-7-14(15)17/h4,13,15H,1-2,5-11H2,3H3/t13-,15-/m0/s1. The SMILES string of the molecule is C=CCCC1([C@@H]2C(=O)CC[C@H]2CC(=C)C)OCCO1. The number of ether oxygens (including phenoxy) is 2. The number of carbonyl (C=O) groups is 1. The van der Waals surface area contributed by atoms with Gasteiger partial charge < -0.3 is 9.47 Å². The second kappa shape index (κ2) is 6.02. The average Bonchev–Trinajstić information content (AvgIpc) is 2.94. The Morgan fingerprint density at radius 2 is 2.16 bits per heavy atom. The minimum Gasteiger partial charge on any atom is -0.347 e. The van der Waals surface area contributed by atoms with E-state index in [-0.39, 0.29) is 11.7 Å². The molecule has 0 unspecified atom stereocenters. The highest BCUT2D eigenvalue weighted by Gasteiger charge is 2.53. The second-order valence-corrected chi connectivity index (χ2v) is 5.74. The first kappa shape index (κ1) is 14.5. The lowest BCUT2D eigenvalue weighted by molar-refractivity contribution is -0.205. The summed E-state index contributed by atoms with van der Waals surface area (Å²) in [6, 6.07) is 0. The van der Waals surface area contributed by atoms with E-state index in [9.17, 15) is 4.79 Å². The Morgan fingerprint density at radius 3 is 2.74 bits per heavy atom. The predicted molar refractivity (Wildman–Crippen MR) is 74.7 cm³/mol. The summed E-state index contributed by atoms with van der Waals surface area (Å²) in [4.78, 5) is 12.3. The quantitative estimate of drug-likeness (QED) is 0.691. The third-order valence-electron chi connectivity index (χ3n) is 4.14. The normalized spacial score (nSPS) is 29.6. The molecular formula is C16H24O3. The molecule has 0 N–H and O–H groups in total. The maximum absolute atomic E-state index is 12.3. The van der Waals surface area contributed by atoms with Gasteiger partial charge >= 0.3 is 0 Å². The Balaban J connectivity index is 2.19. The van der Waals surface area contributed by atoms with Gasteiger partial charge in [-0.3, -0.25) is 4.79 Å². The second-order valence-electron chi connectivity index (χ2n) is 5.74. The lowest BCUT2D eigenvalue weighted by Crippen LogP contribution is -2.44. The van der Waals surface area contributed by atoms with Crippen LogP contribution in [-0.2, 0) is 14.3 Å². The molecule has 0 amide bonds. The molecule has 1 aliphatic carbocycles. The van der Waals surface area contributed by atoms with Crippen LogP contribution in [0.3, 0.4) is 0 Å². The molecule has 0 aromatic rings. The monoisotopic (exact) mass is 264 g/mol. The maximum atomic E-state index is 12.3. The average molecular weight is 264 g/mol. The van der Waals surface area contributed by atoms with E-state index in [1.807, 2.05) is 13.0 Å². The Hall–Kier alpha value is -0.930. The van der Waals surface area contributed by atoms with E-state index in [1.165, 1.54) is 0 Å². The van der Waals surface area contributed by atoms with Crippen LogP contribution in [0.2, 0.25) is 0 Å². The molecule has 1 saturated carbocycles. The summed E-state index contributed by atoms with van der Waals surface area (Å²) in [6.45, 7) is 10.9. The first-order valence-corrected chi connectivity index (χ1v) is 7.15. The summed E-state index contributed by atoms with van der Waals surface area (Å²) < 4.78 is 11.8. The van der Waals surface area contributed by atoms with E-state index in [2.05, 4.69) is 13.2 Å². The van der Waals surface area contributed by atoms with Crippen molar-refractivity contribution in [2.24, 2.45) is 11.8 Å². The number of hydrogen-bond donors (Lipinski definition) is 0. The third-order valence-corrected chi connectivity index (χ3v) is 4.14. The summed E-state index contributed by atoms with van der Waals surface area (Å²) in [5.74, 6) is -0.237. The Kier molecular flexibility index (Phi) is 4.58. The van der Waals surface area contributed by atoms with Gasteiger partial charge in [-0.25, -0.2) is 0 Å². The van der Waals surface area contributed by atoms with Gasteiger partial charge in [0.1, 0.15) is 5.78 Å². The van der Waals surface area contributed by atoms with E-state index in [1.54, 1.807) is 0 Å². The van der Waals surface area contributed by atoms with Crippen LogP contribution in [-0.4, -0.2) is 24.8 Å². The van der Waals surface area contributed by atoms with Crippen LogP contribution in [0.1, 0.15) is 39.0 Å². The van der Waals surface area contributed by atoms with Gasteiger partial charge in [0.2, 0.25) is 0 Å². The number of Topliss-reactive ketones (excluding diaryl/α,β-unsaturated/α-hetero) is 1. The van der Waals surface area contributed by atoms with Crippen molar-refractivity contribution in [3.63, 3.8) is 0 Å². The van der Waals surface area contributed by atoms with Gasteiger partial charge in [-0.15, -0.1) is 13.2 Å². The topological polar surface area (TPSA) is 35.5 Å². The van der Waals surface area contributed by atoms with Gasteiger partial charge in [-0.2, -0.15) is 0 Å². The number of hydrogen-bond acceptors (Lipinski definition) is 3. The maximum Gasteiger partial charge on any atom is 0.178 e. The van der Waals surface area contributed by atoms with E-state index in [0.717, 1.165) is 31.3 Å². The fraction of sp³-hybridized carbons (Fsp3) is 0.688. The van der Waals surface area contributed by atoms with Crippen LogP contribution < -0.4 is 0 Å². The zero-order chi connectivity index (χ0) is 13.9. The van der Waals surface area contributed by atoms with Crippen LogP contribution in [0.5, 0.6) is 0 Å². The highest BCUT2D eigenvalue weighted by molar-refractivity contribution is 5.84. The van der Waals surface area contributed by atoms with Crippen molar-refractivity contribution >= 4 is 5.78 Å². The fourth-order valence-corrected chi connectivity index (χ4v) is 3.44. The summed E-state index contributed by atoms with van der Waals surface area (Å²) in [5, 5.41) is 0. The summed E-state index contributed by atoms with van der Waals surface area (Å²) in [5.41, 5.74) is 1.13. The van der Waals surface area contributed by atoms with Crippen molar-refractivity contribution in [3.05, 3.63) is 24.8 Å². The number of ketones is 1.